The van der Waals surface area contributed by atoms with Crippen molar-refractivity contribution in [3.63, 3.8) is 0 Å². The Morgan fingerprint density at radius 2 is 1.75 bits per heavy atom. The van der Waals surface area contributed by atoms with Crippen LogP contribution in [-0.4, -0.2) is 26.2 Å². The van der Waals surface area contributed by atoms with Gasteiger partial charge in [-0.2, -0.15) is 4.90 Å². The smallest absolute Gasteiger partial charge is 0.148 e. The summed E-state index contributed by atoms with van der Waals surface area (Å²) in [6, 6.07) is 0. The molecular weight excluding hydrogens is 100 g/mol. The summed E-state index contributed by atoms with van der Waals surface area (Å²) in [6.45, 7) is 4.94. The molecule has 0 rings (SSSR count). The minimum atomic E-state index is 0.153. The van der Waals surface area contributed by atoms with Gasteiger partial charge in [-0.1, -0.05) is 0 Å². The molecule has 1 radical (unpaired) electrons. The summed E-state index contributed by atoms with van der Waals surface area (Å²) in [7, 11) is 4.07. The van der Waals surface area contributed by atoms with Crippen molar-refractivity contribution in [2.45, 2.75) is 19.4 Å². The Labute approximate surface area is 51.7 Å². The van der Waals surface area contributed by atoms with Crippen molar-refractivity contribution in [1.82, 2.24) is 4.90 Å². The quantitative estimate of drug-likeness (QED) is 0.511. The van der Waals surface area contributed by atoms with Crippen molar-refractivity contribution in [2.75, 3.05) is 20.6 Å². The lowest BCUT2D eigenvalue weighted by molar-refractivity contribution is 0.310. The molecule has 2 nitrogen and oxygen atoms in total. The largest absolute Gasteiger partial charge is 0.325 e. The first-order valence-electron chi connectivity index (χ1n) is 2.88. The maximum atomic E-state index is 5.47. The van der Waals surface area contributed by atoms with Crippen molar-refractivity contribution in [3.05, 3.63) is 0 Å². The molecule has 0 saturated carbocycles. The first kappa shape index (κ1) is 7.92. The van der Waals surface area contributed by atoms with Crippen LogP contribution in [0.2, 0.25) is 0 Å². The maximum absolute atomic E-state index is 5.47. The van der Waals surface area contributed by atoms with Gasteiger partial charge in [0.2, 0.25) is 0 Å². The van der Waals surface area contributed by atoms with Crippen molar-refractivity contribution in [2.24, 2.45) is 5.73 Å². The second-order valence-corrected chi connectivity index (χ2v) is 2.91. The summed E-state index contributed by atoms with van der Waals surface area (Å²) in [5.41, 5.74) is 5.62. The first-order valence-corrected chi connectivity index (χ1v) is 2.88. The number of hydrogen-bond donors (Lipinski definition) is 1. The zero-order valence-electron chi connectivity index (χ0n) is 6.23. The molecule has 0 heterocycles. The highest BCUT2D eigenvalue weighted by Gasteiger charge is 2.26. The predicted molar refractivity (Wildman–Crippen MR) is 37.1 cm³/mol. The van der Waals surface area contributed by atoms with E-state index in [9.17, 15) is 0 Å². The van der Waals surface area contributed by atoms with Crippen LogP contribution in [0.5, 0.6) is 0 Å². The minimum Gasteiger partial charge on any atom is -0.325 e. The van der Waals surface area contributed by atoms with Crippen molar-refractivity contribution in [3.8, 4) is 0 Å². The number of hydrogen-bond acceptors (Lipinski definition) is 2. The van der Waals surface area contributed by atoms with Crippen molar-refractivity contribution >= 4 is 0 Å². The lowest BCUT2D eigenvalue weighted by atomic mass is 10.1. The van der Waals surface area contributed by atoms with Crippen LogP contribution in [-0.2, 0) is 0 Å². The number of likely N-dealkylation sites (N-methyl/N-ethyl adjacent to an activating group) is 1. The van der Waals surface area contributed by atoms with Crippen LogP contribution in [0.1, 0.15) is 13.8 Å². The van der Waals surface area contributed by atoms with E-state index >= 15 is 0 Å². The predicted octanol–water partition coefficient (Wildman–Crippen LogP) is 0.123. The van der Waals surface area contributed by atoms with Gasteiger partial charge in [-0.05, 0) is 13.8 Å². The Morgan fingerprint density at radius 3 is 1.75 bits per heavy atom. The second kappa shape index (κ2) is 2.46. The van der Waals surface area contributed by atoms with Gasteiger partial charge in [-0.3, -0.25) is 0 Å². The Bertz CT molecular complexity index is 66.9. The SMILES string of the molecule is C[N+](C)C(C)(C)CN. The fraction of sp³-hybridized carbons (Fsp3) is 1.00. The minimum absolute atomic E-state index is 0.153. The number of nitrogens with zero attached hydrogens (tertiary/aromatic N) is 1. The van der Waals surface area contributed by atoms with E-state index in [1.807, 2.05) is 14.1 Å². The summed E-state index contributed by atoms with van der Waals surface area (Å²) in [5.74, 6) is 0. The molecule has 0 aliphatic heterocycles. The average Bonchev–Trinajstić information content (AvgIpc) is 1.67. The molecule has 0 aromatic rings. The summed E-state index contributed by atoms with van der Waals surface area (Å²) in [4.78, 5) is 2.12. The average molecular weight is 116 g/mol. The van der Waals surface area contributed by atoms with E-state index in [2.05, 4.69) is 18.7 Å². The summed E-state index contributed by atoms with van der Waals surface area (Å²) >= 11 is 0. The molecule has 0 bridgehead atoms. The molecule has 2 heteroatoms. The van der Waals surface area contributed by atoms with E-state index in [0.29, 0.717) is 6.54 Å². The van der Waals surface area contributed by atoms with Crippen LogP contribution >= 0.6 is 0 Å². The fourth-order valence-electron chi connectivity index (χ4n) is 0.183. The zero-order chi connectivity index (χ0) is 6.78. The van der Waals surface area contributed by atoms with Crippen LogP contribution in [0.25, 0.3) is 0 Å². The Hall–Kier alpha value is -0.0800. The van der Waals surface area contributed by atoms with E-state index in [-0.39, 0.29) is 5.54 Å². The van der Waals surface area contributed by atoms with Gasteiger partial charge in [0, 0.05) is 0 Å². The van der Waals surface area contributed by atoms with E-state index in [1.54, 1.807) is 0 Å². The van der Waals surface area contributed by atoms with Crippen LogP contribution in [0.4, 0.5) is 0 Å². The molecule has 8 heavy (non-hydrogen) atoms. The third-order valence-corrected chi connectivity index (χ3v) is 1.71. The molecule has 0 atom stereocenters. The lowest BCUT2D eigenvalue weighted by Crippen LogP contribution is -2.48. The van der Waals surface area contributed by atoms with Gasteiger partial charge in [-0.25, -0.2) is 0 Å². The number of rotatable bonds is 2. The van der Waals surface area contributed by atoms with E-state index < -0.39 is 0 Å². The van der Waals surface area contributed by atoms with Gasteiger partial charge in [0.15, 0.2) is 0 Å². The van der Waals surface area contributed by atoms with Gasteiger partial charge < -0.3 is 5.73 Å². The molecular formula is C6H16N2+. The highest BCUT2D eigenvalue weighted by molar-refractivity contribution is 4.80. The summed E-state index contributed by atoms with van der Waals surface area (Å²) < 4.78 is 0. The van der Waals surface area contributed by atoms with E-state index in [1.165, 1.54) is 0 Å². The van der Waals surface area contributed by atoms with Crippen molar-refractivity contribution < 1.29 is 0 Å². The molecule has 0 spiro atoms. The monoisotopic (exact) mass is 116 g/mol. The summed E-state index contributed by atoms with van der Waals surface area (Å²) in [5, 5.41) is 0. The normalized spacial score (nSPS) is 12.8. The Kier molecular flexibility index (Phi) is 2.44. The Balaban J connectivity index is 3.71. The van der Waals surface area contributed by atoms with Gasteiger partial charge in [0.05, 0.1) is 6.54 Å². The molecule has 0 saturated heterocycles. The Morgan fingerprint density at radius 1 is 1.38 bits per heavy atom. The van der Waals surface area contributed by atoms with Gasteiger partial charge in [0.25, 0.3) is 0 Å². The summed E-state index contributed by atoms with van der Waals surface area (Å²) in [6.07, 6.45) is 0. The van der Waals surface area contributed by atoms with Crippen LogP contribution in [0.15, 0.2) is 0 Å². The third-order valence-electron chi connectivity index (χ3n) is 1.71. The first-order chi connectivity index (χ1) is 3.50. The highest BCUT2D eigenvalue weighted by Crippen LogP contribution is 2.02. The van der Waals surface area contributed by atoms with Gasteiger partial charge >= 0.3 is 0 Å². The lowest BCUT2D eigenvalue weighted by Gasteiger charge is -2.20. The third kappa shape index (κ3) is 1.80. The van der Waals surface area contributed by atoms with Crippen LogP contribution in [0, 0.1) is 0 Å². The van der Waals surface area contributed by atoms with Crippen LogP contribution in [0.3, 0.4) is 0 Å². The molecule has 0 aromatic carbocycles. The molecule has 2 N–H and O–H groups in total. The van der Waals surface area contributed by atoms with Crippen LogP contribution < -0.4 is 10.6 Å². The van der Waals surface area contributed by atoms with Crippen molar-refractivity contribution in [1.29, 1.82) is 0 Å². The molecule has 0 unspecified atom stereocenters. The topological polar surface area (TPSA) is 31.9 Å². The van der Waals surface area contributed by atoms with Gasteiger partial charge in [-0.15, -0.1) is 0 Å². The van der Waals surface area contributed by atoms with E-state index in [0.717, 1.165) is 0 Å². The molecule has 0 fully saturated rings. The van der Waals surface area contributed by atoms with E-state index in [4.69, 9.17) is 5.73 Å². The molecule has 49 valence electrons. The maximum Gasteiger partial charge on any atom is 0.148 e. The zero-order valence-corrected chi connectivity index (χ0v) is 6.23. The fourth-order valence-corrected chi connectivity index (χ4v) is 0.183. The number of nitrogens with two attached hydrogens (primary N) is 1. The molecule has 0 aliphatic rings. The molecule has 0 aliphatic carbocycles. The molecule has 0 aromatic heterocycles. The highest BCUT2D eigenvalue weighted by atomic mass is 15.1. The standard InChI is InChI=1S/C6H16N2/c1-6(2,5-7)8(3)4/h5,7H2,1-4H3/q+1. The molecule has 0 amide bonds. The second-order valence-electron chi connectivity index (χ2n) is 2.91. The van der Waals surface area contributed by atoms with Gasteiger partial charge in [0.1, 0.15) is 19.6 Å².